The first-order chi connectivity index (χ1) is 8.78. The summed E-state index contributed by atoms with van der Waals surface area (Å²) >= 11 is 0. The maximum Gasteiger partial charge on any atom is 0.122 e. The predicted octanol–water partition coefficient (Wildman–Crippen LogP) is 2.97. The minimum atomic E-state index is 0.220. The second-order valence-corrected chi connectivity index (χ2v) is 4.11. The molecule has 1 aromatic heterocycles. The Bertz CT molecular complexity index is 494. The van der Waals surface area contributed by atoms with Crippen molar-refractivity contribution in [2.75, 3.05) is 6.61 Å². The molecule has 3 heteroatoms. The predicted molar refractivity (Wildman–Crippen MR) is 70.9 cm³/mol. The molecule has 0 radical (unpaired) electrons. The molecule has 1 heterocycles. The van der Waals surface area contributed by atoms with Gasteiger partial charge < -0.3 is 9.84 Å². The van der Waals surface area contributed by atoms with Gasteiger partial charge in [-0.2, -0.15) is 0 Å². The van der Waals surface area contributed by atoms with E-state index in [1.54, 1.807) is 18.2 Å². The lowest BCUT2D eigenvalue weighted by molar-refractivity contribution is 0.318. The van der Waals surface area contributed by atoms with E-state index in [-0.39, 0.29) is 5.75 Å². The number of nitrogens with zero attached hydrogens (tertiary/aromatic N) is 1. The van der Waals surface area contributed by atoms with Crippen LogP contribution in [0.5, 0.6) is 11.5 Å². The normalized spacial score (nSPS) is 10.3. The van der Waals surface area contributed by atoms with Crippen LogP contribution in [-0.4, -0.2) is 16.7 Å². The minimum Gasteiger partial charge on any atom is -0.508 e. The molecular formula is C15H17NO2. The van der Waals surface area contributed by atoms with E-state index in [0.717, 1.165) is 18.5 Å². The fourth-order valence-electron chi connectivity index (χ4n) is 1.66. The highest BCUT2D eigenvalue weighted by Crippen LogP contribution is 2.17. The van der Waals surface area contributed by atoms with E-state index in [4.69, 9.17) is 4.74 Å². The zero-order chi connectivity index (χ0) is 12.8. The zero-order valence-corrected chi connectivity index (χ0v) is 10.5. The molecule has 0 aliphatic heterocycles. The largest absolute Gasteiger partial charge is 0.508 e. The Hall–Kier alpha value is -2.03. The zero-order valence-electron chi connectivity index (χ0n) is 10.5. The first kappa shape index (κ1) is 12.4. The van der Waals surface area contributed by atoms with Crippen LogP contribution in [0.2, 0.25) is 0 Å². The van der Waals surface area contributed by atoms with Crippen molar-refractivity contribution < 1.29 is 9.84 Å². The highest BCUT2D eigenvalue weighted by molar-refractivity contribution is 5.31. The number of aryl methyl sites for hydroxylation is 1. The van der Waals surface area contributed by atoms with Gasteiger partial charge in [-0.3, -0.25) is 4.98 Å². The van der Waals surface area contributed by atoms with Gasteiger partial charge in [0.2, 0.25) is 0 Å². The van der Waals surface area contributed by atoms with E-state index in [1.165, 1.54) is 5.56 Å². The van der Waals surface area contributed by atoms with E-state index in [1.807, 2.05) is 18.3 Å². The Labute approximate surface area is 107 Å². The topological polar surface area (TPSA) is 42.4 Å². The summed E-state index contributed by atoms with van der Waals surface area (Å²) in [5, 5.41) is 9.29. The van der Waals surface area contributed by atoms with Crippen LogP contribution in [0.25, 0.3) is 0 Å². The maximum atomic E-state index is 9.29. The molecule has 0 saturated carbocycles. The van der Waals surface area contributed by atoms with E-state index in [9.17, 15) is 5.11 Å². The summed E-state index contributed by atoms with van der Waals surface area (Å²) in [4.78, 5) is 4.37. The minimum absolute atomic E-state index is 0.220. The molecule has 0 amide bonds. The standard InChI is InChI=1S/C15H17NO2/c1-2-12-6-7-13(16-11-12)8-9-18-15-5-3-4-14(17)10-15/h3-7,10-11,17H,2,8-9H2,1H3. The van der Waals surface area contributed by atoms with Crippen LogP contribution in [0.1, 0.15) is 18.2 Å². The molecule has 0 aliphatic rings. The molecule has 3 nitrogen and oxygen atoms in total. The summed E-state index contributed by atoms with van der Waals surface area (Å²) in [6, 6.07) is 10.9. The summed E-state index contributed by atoms with van der Waals surface area (Å²) in [5.41, 5.74) is 2.26. The van der Waals surface area contributed by atoms with Gasteiger partial charge in [0, 0.05) is 24.4 Å². The molecule has 0 aliphatic carbocycles. The molecule has 1 N–H and O–H groups in total. The van der Waals surface area contributed by atoms with Gasteiger partial charge in [-0.15, -0.1) is 0 Å². The van der Waals surface area contributed by atoms with Crippen LogP contribution in [0.3, 0.4) is 0 Å². The van der Waals surface area contributed by atoms with E-state index >= 15 is 0 Å². The molecular weight excluding hydrogens is 226 g/mol. The van der Waals surface area contributed by atoms with Crippen molar-refractivity contribution >= 4 is 0 Å². The molecule has 2 aromatic rings. The third-order valence-corrected chi connectivity index (χ3v) is 2.74. The molecule has 2 rings (SSSR count). The maximum absolute atomic E-state index is 9.29. The van der Waals surface area contributed by atoms with E-state index in [0.29, 0.717) is 12.4 Å². The molecule has 0 saturated heterocycles. The molecule has 0 unspecified atom stereocenters. The van der Waals surface area contributed by atoms with Gasteiger partial charge in [0.1, 0.15) is 11.5 Å². The Kier molecular flexibility index (Phi) is 4.18. The lowest BCUT2D eigenvalue weighted by atomic mass is 10.2. The average molecular weight is 243 g/mol. The molecule has 0 fully saturated rings. The van der Waals surface area contributed by atoms with Gasteiger partial charge in [-0.25, -0.2) is 0 Å². The number of aromatic hydroxyl groups is 1. The lowest BCUT2D eigenvalue weighted by Crippen LogP contribution is -2.03. The van der Waals surface area contributed by atoms with Crippen molar-refractivity contribution in [2.24, 2.45) is 0 Å². The second-order valence-electron chi connectivity index (χ2n) is 4.11. The number of benzene rings is 1. The Morgan fingerprint density at radius 1 is 1.22 bits per heavy atom. The van der Waals surface area contributed by atoms with Crippen LogP contribution in [0.4, 0.5) is 0 Å². The average Bonchev–Trinajstić information content (AvgIpc) is 2.40. The van der Waals surface area contributed by atoms with Crippen LogP contribution >= 0.6 is 0 Å². The van der Waals surface area contributed by atoms with Gasteiger partial charge in [-0.05, 0) is 30.2 Å². The summed E-state index contributed by atoms with van der Waals surface area (Å²) in [6.45, 7) is 2.67. The number of rotatable bonds is 5. The third kappa shape index (κ3) is 3.48. The molecule has 0 atom stereocenters. The lowest BCUT2D eigenvalue weighted by Gasteiger charge is -2.06. The van der Waals surface area contributed by atoms with Crippen molar-refractivity contribution in [3.05, 3.63) is 53.9 Å². The van der Waals surface area contributed by atoms with Crippen LogP contribution < -0.4 is 4.74 Å². The van der Waals surface area contributed by atoms with Crippen LogP contribution in [-0.2, 0) is 12.8 Å². The summed E-state index contributed by atoms with van der Waals surface area (Å²) in [6.07, 6.45) is 3.68. The number of aromatic nitrogens is 1. The third-order valence-electron chi connectivity index (χ3n) is 2.74. The summed E-state index contributed by atoms with van der Waals surface area (Å²) in [5.74, 6) is 0.901. The van der Waals surface area contributed by atoms with Crippen molar-refractivity contribution in [3.8, 4) is 11.5 Å². The second kappa shape index (κ2) is 6.05. The summed E-state index contributed by atoms with van der Waals surface area (Å²) < 4.78 is 5.55. The monoisotopic (exact) mass is 243 g/mol. The highest BCUT2D eigenvalue weighted by atomic mass is 16.5. The van der Waals surface area contributed by atoms with Gasteiger partial charge in [0.15, 0.2) is 0 Å². The van der Waals surface area contributed by atoms with E-state index in [2.05, 4.69) is 18.0 Å². The number of hydrogen-bond donors (Lipinski definition) is 1. The molecule has 0 bridgehead atoms. The number of pyridine rings is 1. The van der Waals surface area contributed by atoms with Gasteiger partial charge in [0.25, 0.3) is 0 Å². The molecule has 18 heavy (non-hydrogen) atoms. The van der Waals surface area contributed by atoms with Crippen molar-refractivity contribution in [2.45, 2.75) is 19.8 Å². The SMILES string of the molecule is CCc1ccc(CCOc2cccc(O)c2)nc1. The van der Waals surface area contributed by atoms with Crippen molar-refractivity contribution in [1.29, 1.82) is 0 Å². The molecule has 94 valence electrons. The first-order valence-electron chi connectivity index (χ1n) is 6.13. The quantitative estimate of drug-likeness (QED) is 0.877. The molecule has 0 spiro atoms. The number of phenols is 1. The molecule has 1 aromatic carbocycles. The fraction of sp³-hybridized carbons (Fsp3) is 0.267. The fourth-order valence-corrected chi connectivity index (χ4v) is 1.66. The van der Waals surface area contributed by atoms with Crippen molar-refractivity contribution in [3.63, 3.8) is 0 Å². The Balaban J connectivity index is 1.84. The van der Waals surface area contributed by atoms with E-state index < -0.39 is 0 Å². The van der Waals surface area contributed by atoms with Gasteiger partial charge >= 0.3 is 0 Å². The van der Waals surface area contributed by atoms with Crippen LogP contribution in [0.15, 0.2) is 42.6 Å². The Morgan fingerprint density at radius 2 is 2.11 bits per heavy atom. The van der Waals surface area contributed by atoms with Crippen molar-refractivity contribution in [1.82, 2.24) is 4.98 Å². The first-order valence-corrected chi connectivity index (χ1v) is 6.13. The summed E-state index contributed by atoms with van der Waals surface area (Å²) in [7, 11) is 0. The van der Waals surface area contributed by atoms with Gasteiger partial charge in [0.05, 0.1) is 6.61 Å². The van der Waals surface area contributed by atoms with Gasteiger partial charge in [-0.1, -0.05) is 19.1 Å². The highest BCUT2D eigenvalue weighted by Gasteiger charge is 1.98. The van der Waals surface area contributed by atoms with Crippen LogP contribution in [0, 0.1) is 0 Å². The number of ether oxygens (including phenoxy) is 1. The number of hydrogen-bond acceptors (Lipinski definition) is 3. The smallest absolute Gasteiger partial charge is 0.122 e. The number of phenolic OH excluding ortho intramolecular Hbond substituents is 1. The Morgan fingerprint density at radius 3 is 2.78 bits per heavy atom.